The number of nitrogens with zero attached hydrogens (tertiary/aromatic N) is 3. The molecule has 5 rings (SSSR count). The van der Waals surface area contributed by atoms with Gasteiger partial charge in [0.25, 0.3) is 5.91 Å². The summed E-state index contributed by atoms with van der Waals surface area (Å²) in [5.41, 5.74) is 7.88. The summed E-state index contributed by atoms with van der Waals surface area (Å²) in [5, 5.41) is 14.8. The fraction of sp³-hybridized carbons (Fsp3) is 0.192. The average Bonchev–Trinajstić information content (AvgIpc) is 3.20. The van der Waals surface area contributed by atoms with Crippen LogP contribution in [-0.2, 0) is 19.5 Å². The third-order valence-electron chi connectivity index (χ3n) is 5.97. The average molecular weight is 424 g/mol. The summed E-state index contributed by atoms with van der Waals surface area (Å²) in [6.45, 7) is 4.27. The molecule has 0 saturated heterocycles. The predicted molar refractivity (Wildman–Crippen MR) is 126 cm³/mol. The van der Waals surface area contributed by atoms with E-state index in [1.807, 2.05) is 43.3 Å². The van der Waals surface area contributed by atoms with E-state index in [-0.39, 0.29) is 5.91 Å². The van der Waals surface area contributed by atoms with Crippen molar-refractivity contribution in [3.8, 4) is 11.1 Å². The Morgan fingerprint density at radius 2 is 1.84 bits per heavy atom. The zero-order valence-electron chi connectivity index (χ0n) is 18.0. The molecule has 0 spiro atoms. The standard InChI is InChI=1S/C26H25N5O/c1-18-25(26(32)28-23-12-11-21-16-27-14-13-20(21)15-23)29-30-31(18)17-22-9-5-6-10-24(22)19-7-3-2-4-8-19/h2-12,15,27H,13-14,16-17H2,1H3,(H,28,32). The largest absolute Gasteiger partial charge is 0.321 e. The van der Waals surface area contributed by atoms with Crippen LogP contribution in [0.1, 0.15) is 32.9 Å². The second kappa shape index (κ2) is 8.77. The number of aromatic nitrogens is 3. The summed E-state index contributed by atoms with van der Waals surface area (Å²) in [7, 11) is 0. The molecule has 2 N–H and O–H groups in total. The van der Waals surface area contributed by atoms with Crippen LogP contribution in [0.3, 0.4) is 0 Å². The van der Waals surface area contributed by atoms with Crippen molar-refractivity contribution in [2.45, 2.75) is 26.4 Å². The van der Waals surface area contributed by atoms with Gasteiger partial charge in [-0.3, -0.25) is 4.79 Å². The molecule has 1 aliphatic heterocycles. The number of rotatable bonds is 5. The summed E-state index contributed by atoms with van der Waals surface area (Å²) in [5.74, 6) is -0.237. The van der Waals surface area contributed by atoms with Crippen LogP contribution in [-0.4, -0.2) is 27.4 Å². The quantitative estimate of drug-likeness (QED) is 0.505. The molecule has 32 heavy (non-hydrogen) atoms. The lowest BCUT2D eigenvalue weighted by atomic mass is 10.00. The number of carbonyl (C=O) groups is 1. The summed E-state index contributed by atoms with van der Waals surface area (Å²) >= 11 is 0. The van der Waals surface area contributed by atoms with Crippen LogP contribution in [0.4, 0.5) is 5.69 Å². The highest BCUT2D eigenvalue weighted by molar-refractivity contribution is 6.03. The van der Waals surface area contributed by atoms with Gasteiger partial charge in [0.2, 0.25) is 0 Å². The molecule has 1 aromatic heterocycles. The molecule has 0 atom stereocenters. The Morgan fingerprint density at radius 1 is 1.03 bits per heavy atom. The van der Waals surface area contributed by atoms with E-state index in [1.165, 1.54) is 11.1 Å². The lowest BCUT2D eigenvalue weighted by Gasteiger charge is -2.18. The number of nitrogens with one attached hydrogen (secondary N) is 2. The molecule has 1 amide bonds. The van der Waals surface area contributed by atoms with Crippen molar-refractivity contribution >= 4 is 11.6 Å². The normalized spacial score (nSPS) is 12.9. The van der Waals surface area contributed by atoms with Gasteiger partial charge in [0.05, 0.1) is 12.2 Å². The smallest absolute Gasteiger partial charge is 0.278 e. The maximum atomic E-state index is 12.9. The second-order valence-electron chi connectivity index (χ2n) is 8.07. The first-order valence-corrected chi connectivity index (χ1v) is 10.9. The van der Waals surface area contributed by atoms with Crippen LogP contribution in [0.5, 0.6) is 0 Å². The molecule has 0 radical (unpaired) electrons. The van der Waals surface area contributed by atoms with Gasteiger partial charge in [0, 0.05) is 12.2 Å². The summed E-state index contributed by atoms with van der Waals surface area (Å²) in [4.78, 5) is 12.9. The van der Waals surface area contributed by atoms with Crippen LogP contribution < -0.4 is 10.6 Å². The first kappa shape index (κ1) is 20.2. The van der Waals surface area contributed by atoms with E-state index < -0.39 is 0 Å². The minimum Gasteiger partial charge on any atom is -0.321 e. The lowest BCUT2D eigenvalue weighted by Crippen LogP contribution is -2.23. The van der Waals surface area contributed by atoms with Crippen LogP contribution in [0, 0.1) is 6.92 Å². The fourth-order valence-electron chi connectivity index (χ4n) is 4.18. The molecule has 0 bridgehead atoms. The van der Waals surface area contributed by atoms with E-state index in [2.05, 4.69) is 57.3 Å². The van der Waals surface area contributed by atoms with Crippen molar-refractivity contribution in [2.24, 2.45) is 0 Å². The van der Waals surface area contributed by atoms with Crippen LogP contribution in [0.25, 0.3) is 11.1 Å². The number of hydrogen-bond donors (Lipinski definition) is 2. The molecule has 1 aliphatic rings. The molecule has 0 unspecified atom stereocenters. The minimum absolute atomic E-state index is 0.237. The number of hydrogen-bond acceptors (Lipinski definition) is 4. The number of amides is 1. The monoisotopic (exact) mass is 423 g/mol. The number of fused-ring (bicyclic) bond motifs is 1. The van der Waals surface area contributed by atoms with Gasteiger partial charge in [0.1, 0.15) is 0 Å². The molecular weight excluding hydrogens is 398 g/mol. The molecule has 0 fully saturated rings. The Morgan fingerprint density at radius 3 is 2.72 bits per heavy atom. The van der Waals surface area contributed by atoms with Crippen molar-refractivity contribution in [3.05, 3.63) is 101 Å². The molecule has 4 aromatic rings. The predicted octanol–water partition coefficient (Wildman–Crippen LogP) is 4.20. The third kappa shape index (κ3) is 4.05. The zero-order chi connectivity index (χ0) is 21.9. The van der Waals surface area contributed by atoms with E-state index in [1.54, 1.807) is 4.68 Å². The van der Waals surface area contributed by atoms with E-state index >= 15 is 0 Å². The number of benzene rings is 3. The van der Waals surface area contributed by atoms with Crippen molar-refractivity contribution in [2.75, 3.05) is 11.9 Å². The van der Waals surface area contributed by atoms with E-state index in [0.29, 0.717) is 12.2 Å². The molecule has 0 saturated carbocycles. The number of carbonyl (C=O) groups excluding carboxylic acids is 1. The van der Waals surface area contributed by atoms with Crippen LogP contribution in [0.2, 0.25) is 0 Å². The first-order chi connectivity index (χ1) is 15.7. The molecule has 2 heterocycles. The van der Waals surface area contributed by atoms with E-state index in [9.17, 15) is 4.79 Å². The fourth-order valence-corrected chi connectivity index (χ4v) is 4.18. The van der Waals surface area contributed by atoms with Gasteiger partial charge in [0.15, 0.2) is 5.69 Å². The van der Waals surface area contributed by atoms with Crippen molar-refractivity contribution < 1.29 is 4.79 Å². The molecule has 6 nitrogen and oxygen atoms in total. The van der Waals surface area contributed by atoms with Gasteiger partial charge in [-0.1, -0.05) is 65.9 Å². The van der Waals surface area contributed by atoms with Crippen molar-refractivity contribution in [1.29, 1.82) is 0 Å². The Bertz CT molecular complexity index is 1260. The van der Waals surface area contributed by atoms with Gasteiger partial charge in [-0.25, -0.2) is 4.68 Å². The zero-order valence-corrected chi connectivity index (χ0v) is 18.0. The molecule has 160 valence electrons. The van der Waals surface area contributed by atoms with Gasteiger partial charge in [-0.15, -0.1) is 5.10 Å². The molecular formula is C26H25N5O. The second-order valence-corrected chi connectivity index (χ2v) is 8.07. The SMILES string of the molecule is Cc1c(C(=O)Nc2ccc3c(c2)CCNC3)nnn1Cc1ccccc1-c1ccccc1. The highest BCUT2D eigenvalue weighted by Gasteiger charge is 2.18. The lowest BCUT2D eigenvalue weighted by molar-refractivity contribution is 0.102. The van der Waals surface area contributed by atoms with Crippen molar-refractivity contribution in [1.82, 2.24) is 20.3 Å². The molecule has 6 heteroatoms. The van der Waals surface area contributed by atoms with Gasteiger partial charge >= 0.3 is 0 Å². The Labute approximate surface area is 187 Å². The maximum Gasteiger partial charge on any atom is 0.278 e. The van der Waals surface area contributed by atoms with Gasteiger partial charge in [-0.2, -0.15) is 0 Å². The highest BCUT2D eigenvalue weighted by atomic mass is 16.2. The first-order valence-electron chi connectivity index (χ1n) is 10.9. The Balaban J connectivity index is 1.36. The summed E-state index contributed by atoms with van der Waals surface area (Å²) in [6.07, 6.45) is 0.967. The Hall–Kier alpha value is -3.77. The highest BCUT2D eigenvalue weighted by Crippen LogP contribution is 2.25. The summed E-state index contributed by atoms with van der Waals surface area (Å²) < 4.78 is 1.79. The van der Waals surface area contributed by atoms with Gasteiger partial charge < -0.3 is 10.6 Å². The van der Waals surface area contributed by atoms with E-state index in [0.717, 1.165) is 47.6 Å². The van der Waals surface area contributed by atoms with E-state index in [4.69, 9.17) is 0 Å². The third-order valence-corrected chi connectivity index (χ3v) is 5.97. The van der Waals surface area contributed by atoms with Crippen LogP contribution in [0.15, 0.2) is 72.8 Å². The maximum absolute atomic E-state index is 12.9. The molecule has 0 aliphatic carbocycles. The van der Waals surface area contributed by atoms with Crippen LogP contribution >= 0.6 is 0 Å². The van der Waals surface area contributed by atoms with Crippen molar-refractivity contribution in [3.63, 3.8) is 0 Å². The number of anilines is 1. The topological polar surface area (TPSA) is 71.8 Å². The Kier molecular flexibility index (Phi) is 5.52. The molecule has 3 aromatic carbocycles. The van der Waals surface area contributed by atoms with Gasteiger partial charge in [-0.05, 0) is 59.8 Å². The minimum atomic E-state index is -0.237. The summed E-state index contributed by atoms with van der Waals surface area (Å²) in [6, 6.07) is 24.6.